The number of nitrogens with one attached hydrogen (secondary N) is 2. The molecule has 0 bridgehead atoms. The average Bonchev–Trinajstić information content (AvgIpc) is 2.73. The highest BCUT2D eigenvalue weighted by molar-refractivity contribution is 5.85. The molecule has 9 heteroatoms. The fourth-order valence-electron chi connectivity index (χ4n) is 2.82. The van der Waals surface area contributed by atoms with E-state index in [1.165, 1.54) is 6.07 Å². The van der Waals surface area contributed by atoms with Crippen LogP contribution in [0.5, 0.6) is 5.75 Å². The van der Waals surface area contributed by atoms with Crippen molar-refractivity contribution in [2.75, 3.05) is 0 Å². The van der Waals surface area contributed by atoms with Crippen molar-refractivity contribution < 1.29 is 32.2 Å². The molecule has 1 atom stereocenters. The lowest BCUT2D eigenvalue weighted by Crippen LogP contribution is -2.47. The van der Waals surface area contributed by atoms with Gasteiger partial charge in [0.25, 0.3) is 0 Å². The van der Waals surface area contributed by atoms with E-state index in [0.29, 0.717) is 17.7 Å². The second-order valence-electron chi connectivity index (χ2n) is 8.46. The summed E-state index contributed by atoms with van der Waals surface area (Å²) in [5, 5.41) is 5.31. The molecule has 2 rings (SSSR count). The molecule has 0 saturated carbocycles. The molecule has 0 radical (unpaired) electrons. The van der Waals surface area contributed by atoms with E-state index in [2.05, 4.69) is 10.6 Å². The summed E-state index contributed by atoms with van der Waals surface area (Å²) < 4.78 is 49.2. The van der Waals surface area contributed by atoms with Crippen molar-refractivity contribution in [3.05, 3.63) is 65.2 Å². The standard InChI is InChI=1S/C24H29F3N2O4/c1-5-20(29-22(31)33-23(2,3)4)21(30)28-14-16-9-11-19(12-10-16)32-15-17-7-6-8-18(13-17)24(25,26)27/h6-13,20H,5,14-15H2,1-4H3,(H,28,30)(H,29,31)/t20-/m0/s1. The monoisotopic (exact) mass is 466 g/mol. The topological polar surface area (TPSA) is 76.7 Å². The number of alkyl carbamates (subject to hydrolysis) is 1. The quantitative estimate of drug-likeness (QED) is 0.560. The van der Waals surface area contributed by atoms with Crippen LogP contribution in [0.2, 0.25) is 0 Å². The maximum absolute atomic E-state index is 12.8. The van der Waals surface area contributed by atoms with E-state index in [-0.39, 0.29) is 19.1 Å². The van der Waals surface area contributed by atoms with Crippen molar-refractivity contribution in [2.24, 2.45) is 0 Å². The fourth-order valence-corrected chi connectivity index (χ4v) is 2.82. The van der Waals surface area contributed by atoms with E-state index < -0.39 is 29.5 Å². The van der Waals surface area contributed by atoms with Crippen LogP contribution in [0.25, 0.3) is 0 Å². The van der Waals surface area contributed by atoms with Crippen LogP contribution in [0.3, 0.4) is 0 Å². The number of hydrogen-bond acceptors (Lipinski definition) is 4. The van der Waals surface area contributed by atoms with Gasteiger partial charge in [-0.05, 0) is 62.6 Å². The Kier molecular flexibility index (Phi) is 8.73. The molecular weight excluding hydrogens is 437 g/mol. The van der Waals surface area contributed by atoms with Crippen LogP contribution in [0, 0.1) is 0 Å². The SMILES string of the molecule is CC[C@H](NC(=O)OC(C)(C)C)C(=O)NCc1ccc(OCc2cccc(C(F)(F)F)c2)cc1. The summed E-state index contributed by atoms with van der Waals surface area (Å²) in [5.74, 6) is 0.147. The number of rotatable bonds is 8. The van der Waals surface area contributed by atoms with E-state index in [0.717, 1.165) is 17.7 Å². The van der Waals surface area contributed by atoms with Gasteiger partial charge in [-0.2, -0.15) is 13.2 Å². The lowest BCUT2D eigenvalue weighted by atomic mass is 10.1. The molecule has 33 heavy (non-hydrogen) atoms. The van der Waals surface area contributed by atoms with Gasteiger partial charge in [-0.1, -0.05) is 31.2 Å². The molecule has 2 N–H and O–H groups in total. The zero-order chi connectivity index (χ0) is 24.6. The highest BCUT2D eigenvalue weighted by atomic mass is 19.4. The molecule has 0 aliphatic rings. The first-order chi connectivity index (χ1) is 15.4. The third-order valence-electron chi connectivity index (χ3n) is 4.47. The molecule has 0 spiro atoms. The molecule has 0 saturated heterocycles. The van der Waals surface area contributed by atoms with E-state index >= 15 is 0 Å². The maximum atomic E-state index is 12.8. The Hall–Kier alpha value is -3.23. The Bertz CT molecular complexity index is 938. The Morgan fingerprint density at radius 2 is 1.67 bits per heavy atom. The predicted octanol–water partition coefficient (Wildman–Crippen LogP) is 5.20. The summed E-state index contributed by atoms with van der Waals surface area (Å²) in [7, 11) is 0. The van der Waals surface area contributed by atoms with Gasteiger partial charge in [0, 0.05) is 6.54 Å². The molecule has 0 unspecified atom stereocenters. The van der Waals surface area contributed by atoms with Crippen LogP contribution < -0.4 is 15.4 Å². The minimum absolute atomic E-state index is 0.00544. The van der Waals surface area contributed by atoms with Crippen molar-refractivity contribution in [1.29, 1.82) is 0 Å². The second kappa shape index (κ2) is 11.1. The van der Waals surface area contributed by atoms with E-state index in [4.69, 9.17) is 9.47 Å². The minimum Gasteiger partial charge on any atom is -0.489 e. The number of carbonyl (C=O) groups excluding carboxylic acids is 2. The third-order valence-corrected chi connectivity index (χ3v) is 4.47. The van der Waals surface area contributed by atoms with Crippen LogP contribution in [0.1, 0.15) is 50.8 Å². The van der Waals surface area contributed by atoms with Gasteiger partial charge in [0.1, 0.15) is 24.0 Å². The van der Waals surface area contributed by atoms with Crippen molar-refractivity contribution in [2.45, 2.75) is 65.1 Å². The molecule has 2 aromatic rings. The van der Waals surface area contributed by atoms with E-state index in [9.17, 15) is 22.8 Å². The Labute approximate surface area is 191 Å². The lowest BCUT2D eigenvalue weighted by Gasteiger charge is -2.22. The summed E-state index contributed by atoms with van der Waals surface area (Å²) in [4.78, 5) is 24.3. The van der Waals surface area contributed by atoms with Gasteiger partial charge in [-0.25, -0.2) is 4.79 Å². The van der Waals surface area contributed by atoms with Crippen LogP contribution in [-0.2, 0) is 28.9 Å². The first-order valence-electron chi connectivity index (χ1n) is 10.5. The lowest BCUT2D eigenvalue weighted by molar-refractivity contribution is -0.137. The summed E-state index contributed by atoms with van der Waals surface area (Å²) in [6.07, 6.45) is -4.67. The van der Waals surface area contributed by atoms with Crippen molar-refractivity contribution >= 4 is 12.0 Å². The first-order valence-corrected chi connectivity index (χ1v) is 10.5. The third kappa shape index (κ3) is 9.03. The maximum Gasteiger partial charge on any atom is 0.416 e. The molecule has 0 fully saturated rings. The van der Waals surface area contributed by atoms with Gasteiger partial charge in [-0.15, -0.1) is 0 Å². The van der Waals surface area contributed by atoms with Crippen molar-refractivity contribution in [1.82, 2.24) is 10.6 Å². The molecular formula is C24H29F3N2O4. The number of ether oxygens (including phenoxy) is 2. The Balaban J connectivity index is 1.85. The van der Waals surface area contributed by atoms with Crippen LogP contribution in [0.15, 0.2) is 48.5 Å². The molecule has 0 heterocycles. The Morgan fingerprint density at radius 1 is 1.00 bits per heavy atom. The number of hydrogen-bond donors (Lipinski definition) is 2. The summed E-state index contributed by atoms with van der Waals surface area (Å²) >= 11 is 0. The van der Waals surface area contributed by atoms with Crippen LogP contribution in [-0.4, -0.2) is 23.6 Å². The zero-order valence-electron chi connectivity index (χ0n) is 19.1. The van der Waals surface area contributed by atoms with Gasteiger partial charge in [-0.3, -0.25) is 4.79 Å². The molecule has 0 aliphatic carbocycles. The van der Waals surface area contributed by atoms with Crippen molar-refractivity contribution in [3.63, 3.8) is 0 Å². The summed E-state index contributed by atoms with van der Waals surface area (Å²) in [6.45, 7) is 7.22. The minimum atomic E-state index is -4.40. The summed E-state index contributed by atoms with van der Waals surface area (Å²) in [5.41, 5.74) is -0.184. The van der Waals surface area contributed by atoms with E-state index in [1.54, 1.807) is 58.0 Å². The largest absolute Gasteiger partial charge is 0.489 e. The fraction of sp³-hybridized carbons (Fsp3) is 0.417. The number of benzene rings is 2. The van der Waals surface area contributed by atoms with Gasteiger partial charge < -0.3 is 20.1 Å². The van der Waals surface area contributed by atoms with Gasteiger partial charge in [0.05, 0.1) is 5.56 Å². The highest BCUT2D eigenvalue weighted by Crippen LogP contribution is 2.29. The molecule has 2 amide bonds. The van der Waals surface area contributed by atoms with Crippen molar-refractivity contribution in [3.8, 4) is 5.75 Å². The Morgan fingerprint density at radius 3 is 2.24 bits per heavy atom. The molecule has 0 aliphatic heterocycles. The number of amides is 2. The van der Waals surface area contributed by atoms with Crippen LogP contribution in [0.4, 0.5) is 18.0 Å². The van der Waals surface area contributed by atoms with Gasteiger partial charge in [0.2, 0.25) is 5.91 Å². The predicted molar refractivity (Wildman–Crippen MR) is 118 cm³/mol. The highest BCUT2D eigenvalue weighted by Gasteiger charge is 2.30. The molecule has 0 aromatic heterocycles. The smallest absolute Gasteiger partial charge is 0.416 e. The molecule has 2 aromatic carbocycles. The number of carbonyl (C=O) groups is 2. The number of alkyl halides is 3. The number of halogens is 3. The average molecular weight is 467 g/mol. The second-order valence-corrected chi connectivity index (χ2v) is 8.46. The molecule has 6 nitrogen and oxygen atoms in total. The van der Waals surface area contributed by atoms with E-state index in [1.807, 2.05) is 0 Å². The van der Waals surface area contributed by atoms with Crippen LogP contribution >= 0.6 is 0 Å². The normalized spacial score (nSPS) is 12.6. The summed E-state index contributed by atoms with van der Waals surface area (Å²) in [6, 6.07) is 11.1. The molecule has 180 valence electrons. The zero-order valence-corrected chi connectivity index (χ0v) is 19.1. The van der Waals surface area contributed by atoms with Gasteiger partial charge in [0.15, 0.2) is 0 Å². The first kappa shape index (κ1) is 26.0. The van der Waals surface area contributed by atoms with Gasteiger partial charge >= 0.3 is 12.3 Å².